The van der Waals surface area contributed by atoms with Crippen molar-refractivity contribution in [1.29, 1.82) is 0 Å². The van der Waals surface area contributed by atoms with Gasteiger partial charge in [0, 0.05) is 23.4 Å². The predicted octanol–water partition coefficient (Wildman–Crippen LogP) is 6.11. The Morgan fingerprint density at radius 2 is 1.94 bits per heavy atom. The number of carbonyl (C=O) groups is 2. The molecule has 0 saturated carbocycles. The number of allylic oxidation sites excluding steroid dienone is 1. The number of furan rings is 1. The maximum absolute atomic E-state index is 13.8. The summed E-state index contributed by atoms with van der Waals surface area (Å²) in [6, 6.07) is 16.2. The molecule has 3 aromatic rings. The van der Waals surface area contributed by atoms with Crippen LogP contribution in [0.1, 0.15) is 42.2 Å². The van der Waals surface area contributed by atoms with Crippen LogP contribution in [0.3, 0.4) is 0 Å². The van der Waals surface area contributed by atoms with E-state index < -0.39 is 6.04 Å². The second-order valence-electron chi connectivity index (χ2n) is 8.35. The third kappa shape index (κ3) is 3.47. The standard InChI is InChI=1S/C26H25N3O3/c1-16-12-13-18(17(2)15-16)28-26(31)29-21-9-4-3-7-19(21)27-20-8-5-10-22(30)24(20)25(29)23-11-6-14-32-23/h3-4,6-7,9,11-15,25,27H,5,8,10H2,1-2H3,(H,28,31)/t25-/m0/s1. The van der Waals surface area contributed by atoms with Gasteiger partial charge in [0.05, 0.1) is 17.6 Å². The Morgan fingerprint density at radius 3 is 2.72 bits per heavy atom. The van der Waals surface area contributed by atoms with E-state index in [0.29, 0.717) is 23.4 Å². The summed E-state index contributed by atoms with van der Waals surface area (Å²) in [6.45, 7) is 3.99. The van der Waals surface area contributed by atoms with Crippen molar-refractivity contribution in [1.82, 2.24) is 0 Å². The molecule has 6 nitrogen and oxygen atoms in total. The first kappa shape index (κ1) is 20.1. The monoisotopic (exact) mass is 427 g/mol. The smallest absolute Gasteiger partial charge is 0.327 e. The fourth-order valence-electron chi connectivity index (χ4n) is 4.60. The molecule has 0 unspecified atom stereocenters. The molecule has 1 aliphatic carbocycles. The first-order chi connectivity index (χ1) is 15.5. The van der Waals surface area contributed by atoms with Crippen LogP contribution in [0.2, 0.25) is 0 Å². The third-order valence-electron chi connectivity index (χ3n) is 6.09. The minimum absolute atomic E-state index is 0.0391. The first-order valence-corrected chi connectivity index (χ1v) is 10.9. The molecule has 32 heavy (non-hydrogen) atoms. The molecule has 1 atom stereocenters. The largest absolute Gasteiger partial charge is 0.467 e. The number of nitrogens with zero attached hydrogens (tertiary/aromatic N) is 1. The van der Waals surface area contributed by atoms with Crippen molar-refractivity contribution in [3.8, 4) is 0 Å². The molecule has 2 aromatic carbocycles. The Hall–Kier alpha value is -3.80. The van der Waals surface area contributed by atoms with Crippen LogP contribution in [0.5, 0.6) is 0 Å². The highest BCUT2D eigenvalue weighted by atomic mass is 16.3. The molecule has 0 bridgehead atoms. The number of fused-ring (bicyclic) bond motifs is 1. The van der Waals surface area contributed by atoms with E-state index in [2.05, 4.69) is 10.6 Å². The van der Waals surface area contributed by atoms with E-state index in [9.17, 15) is 9.59 Å². The highest BCUT2D eigenvalue weighted by Crippen LogP contribution is 2.45. The molecule has 162 valence electrons. The molecule has 0 fully saturated rings. The van der Waals surface area contributed by atoms with E-state index in [0.717, 1.165) is 41.0 Å². The van der Waals surface area contributed by atoms with Gasteiger partial charge in [-0.1, -0.05) is 29.8 Å². The Bertz CT molecular complexity index is 1230. The van der Waals surface area contributed by atoms with Gasteiger partial charge < -0.3 is 15.1 Å². The summed E-state index contributed by atoms with van der Waals surface area (Å²) in [7, 11) is 0. The molecule has 2 aliphatic rings. The number of para-hydroxylation sites is 2. The Morgan fingerprint density at radius 1 is 1.09 bits per heavy atom. The van der Waals surface area contributed by atoms with Crippen molar-refractivity contribution in [2.75, 3.05) is 15.5 Å². The second-order valence-corrected chi connectivity index (χ2v) is 8.35. The number of rotatable bonds is 2. The summed E-state index contributed by atoms with van der Waals surface area (Å²) < 4.78 is 5.78. The number of hydrogen-bond donors (Lipinski definition) is 2. The summed E-state index contributed by atoms with van der Waals surface area (Å²) in [4.78, 5) is 28.6. The van der Waals surface area contributed by atoms with Crippen molar-refractivity contribution in [2.45, 2.75) is 39.2 Å². The van der Waals surface area contributed by atoms with Gasteiger partial charge >= 0.3 is 6.03 Å². The van der Waals surface area contributed by atoms with Crippen molar-refractivity contribution in [3.63, 3.8) is 0 Å². The number of benzene rings is 2. The van der Waals surface area contributed by atoms with E-state index in [1.54, 1.807) is 17.2 Å². The Kier molecular flexibility index (Phi) is 5.05. The average molecular weight is 428 g/mol. The molecule has 2 heterocycles. The molecule has 1 aromatic heterocycles. The van der Waals surface area contributed by atoms with Gasteiger partial charge in [-0.2, -0.15) is 0 Å². The lowest BCUT2D eigenvalue weighted by Gasteiger charge is -2.32. The fourth-order valence-corrected chi connectivity index (χ4v) is 4.60. The van der Waals surface area contributed by atoms with E-state index in [1.165, 1.54) is 0 Å². The molecular weight excluding hydrogens is 402 g/mol. The van der Waals surface area contributed by atoms with Crippen LogP contribution in [0.25, 0.3) is 0 Å². The van der Waals surface area contributed by atoms with Gasteiger partial charge in [-0.15, -0.1) is 0 Å². The lowest BCUT2D eigenvalue weighted by atomic mass is 9.88. The molecule has 2 N–H and O–H groups in total. The van der Waals surface area contributed by atoms with Gasteiger partial charge in [0.15, 0.2) is 5.78 Å². The van der Waals surface area contributed by atoms with Crippen LogP contribution in [-0.2, 0) is 4.79 Å². The van der Waals surface area contributed by atoms with E-state index in [-0.39, 0.29) is 11.8 Å². The number of carbonyl (C=O) groups excluding carboxylic acids is 2. The highest BCUT2D eigenvalue weighted by Gasteiger charge is 2.41. The van der Waals surface area contributed by atoms with Crippen molar-refractivity contribution in [2.24, 2.45) is 0 Å². The fraction of sp³-hybridized carbons (Fsp3) is 0.231. The summed E-state index contributed by atoms with van der Waals surface area (Å²) >= 11 is 0. The van der Waals surface area contributed by atoms with Gasteiger partial charge in [0.2, 0.25) is 0 Å². The van der Waals surface area contributed by atoms with Crippen molar-refractivity contribution >= 4 is 28.9 Å². The topological polar surface area (TPSA) is 74.6 Å². The van der Waals surface area contributed by atoms with Crippen molar-refractivity contribution in [3.05, 3.63) is 89.0 Å². The van der Waals surface area contributed by atoms with Crippen LogP contribution in [-0.4, -0.2) is 11.8 Å². The number of hydrogen-bond acceptors (Lipinski definition) is 4. The minimum atomic E-state index is -0.658. The maximum Gasteiger partial charge on any atom is 0.327 e. The maximum atomic E-state index is 13.8. The number of nitrogens with one attached hydrogen (secondary N) is 2. The Labute approximate surface area is 186 Å². The number of ketones is 1. The first-order valence-electron chi connectivity index (χ1n) is 10.9. The van der Waals surface area contributed by atoms with E-state index in [4.69, 9.17) is 4.42 Å². The predicted molar refractivity (Wildman–Crippen MR) is 125 cm³/mol. The van der Waals surface area contributed by atoms with Crippen LogP contribution in [0.4, 0.5) is 21.9 Å². The van der Waals surface area contributed by atoms with Crippen LogP contribution < -0.4 is 15.5 Å². The molecule has 0 saturated heterocycles. The zero-order valence-corrected chi connectivity index (χ0v) is 18.1. The Balaban J connectivity index is 1.67. The SMILES string of the molecule is Cc1ccc(NC(=O)N2c3ccccc3NC3=C(C(=O)CCC3)[C@@H]2c2ccco2)c(C)c1. The van der Waals surface area contributed by atoms with Crippen LogP contribution in [0.15, 0.2) is 76.5 Å². The highest BCUT2D eigenvalue weighted by molar-refractivity contribution is 6.09. The molecule has 5 rings (SSSR count). The molecule has 1 aliphatic heterocycles. The van der Waals surface area contributed by atoms with E-state index >= 15 is 0 Å². The summed E-state index contributed by atoms with van der Waals surface area (Å²) in [5, 5.41) is 6.51. The zero-order chi connectivity index (χ0) is 22.2. The second kappa shape index (κ2) is 8.04. The van der Waals surface area contributed by atoms with Gasteiger partial charge in [0.25, 0.3) is 0 Å². The molecule has 0 radical (unpaired) electrons. The lowest BCUT2D eigenvalue weighted by molar-refractivity contribution is -0.116. The molecular formula is C26H25N3O3. The molecule has 0 spiro atoms. The van der Waals surface area contributed by atoms with Gasteiger partial charge in [-0.05, 0) is 62.6 Å². The van der Waals surface area contributed by atoms with Crippen LogP contribution in [0, 0.1) is 13.8 Å². The lowest BCUT2D eigenvalue weighted by Crippen LogP contribution is -2.40. The van der Waals surface area contributed by atoms with E-state index in [1.807, 2.05) is 62.4 Å². The number of urea groups is 1. The average Bonchev–Trinajstić information content (AvgIpc) is 3.25. The van der Waals surface area contributed by atoms with Crippen molar-refractivity contribution < 1.29 is 14.0 Å². The summed E-state index contributed by atoms with van der Waals surface area (Å²) in [5.74, 6) is 0.597. The number of aryl methyl sites for hydroxylation is 2. The normalized spacial score (nSPS) is 17.9. The minimum Gasteiger partial charge on any atom is -0.467 e. The van der Waals surface area contributed by atoms with Gasteiger partial charge in [-0.3, -0.25) is 9.69 Å². The van der Waals surface area contributed by atoms with Gasteiger partial charge in [0.1, 0.15) is 11.8 Å². The summed E-state index contributed by atoms with van der Waals surface area (Å²) in [6.07, 6.45) is 3.57. The number of amides is 2. The number of Topliss-reactive ketones (excluding diaryl/α,β-unsaturated/α-hetero) is 1. The molecule has 2 amide bonds. The number of anilines is 3. The zero-order valence-electron chi connectivity index (χ0n) is 18.1. The molecule has 6 heteroatoms. The van der Waals surface area contributed by atoms with Gasteiger partial charge in [-0.25, -0.2) is 4.79 Å². The quantitative estimate of drug-likeness (QED) is 0.517. The summed E-state index contributed by atoms with van der Waals surface area (Å²) in [5.41, 5.74) is 5.77. The third-order valence-corrected chi connectivity index (χ3v) is 6.09. The van der Waals surface area contributed by atoms with Crippen LogP contribution >= 0.6 is 0 Å².